The Balaban J connectivity index is 1.60. The molecular formula is C23H22N2O6S. The highest BCUT2D eigenvalue weighted by Crippen LogP contribution is 2.33. The molecular weight excluding hydrogens is 432 g/mol. The Kier molecular flexibility index (Phi) is 6.18. The number of benzene rings is 2. The SMILES string of the molecule is COc1ccc(CCNc2oc(-c3ccco3)nc2S(=O)(=O)c2ccccc2)cc1OC. The molecule has 166 valence electrons. The van der Waals surface area contributed by atoms with E-state index in [1.807, 2.05) is 18.2 Å². The molecule has 0 bridgehead atoms. The van der Waals surface area contributed by atoms with Crippen molar-refractivity contribution in [2.45, 2.75) is 16.3 Å². The maximum Gasteiger partial charge on any atom is 0.266 e. The number of nitrogens with zero attached hydrogens (tertiary/aromatic N) is 1. The van der Waals surface area contributed by atoms with E-state index in [9.17, 15) is 8.42 Å². The summed E-state index contributed by atoms with van der Waals surface area (Å²) in [6.45, 7) is 0.402. The number of ether oxygens (including phenoxy) is 2. The van der Waals surface area contributed by atoms with Crippen LogP contribution in [-0.2, 0) is 16.3 Å². The van der Waals surface area contributed by atoms with Gasteiger partial charge in [-0.05, 0) is 48.4 Å². The molecule has 0 spiro atoms. The summed E-state index contributed by atoms with van der Waals surface area (Å²) in [7, 11) is -0.748. The fourth-order valence-electron chi connectivity index (χ4n) is 3.17. The molecule has 2 aromatic heterocycles. The average molecular weight is 455 g/mol. The van der Waals surface area contributed by atoms with Crippen LogP contribution in [0.25, 0.3) is 11.7 Å². The maximum atomic E-state index is 13.2. The molecule has 4 rings (SSSR count). The second kappa shape index (κ2) is 9.19. The number of furan rings is 1. The van der Waals surface area contributed by atoms with Crippen LogP contribution in [0.15, 0.2) is 85.7 Å². The van der Waals surface area contributed by atoms with Gasteiger partial charge in [-0.25, -0.2) is 8.42 Å². The van der Waals surface area contributed by atoms with Crippen molar-refractivity contribution in [1.29, 1.82) is 0 Å². The van der Waals surface area contributed by atoms with Gasteiger partial charge in [0.25, 0.3) is 5.89 Å². The molecule has 0 aliphatic heterocycles. The van der Waals surface area contributed by atoms with E-state index in [1.54, 1.807) is 44.6 Å². The first-order chi connectivity index (χ1) is 15.5. The second-order valence-corrected chi connectivity index (χ2v) is 8.68. The van der Waals surface area contributed by atoms with Crippen molar-refractivity contribution in [1.82, 2.24) is 4.98 Å². The number of rotatable bonds is 9. The van der Waals surface area contributed by atoms with Crippen molar-refractivity contribution in [3.05, 3.63) is 72.5 Å². The average Bonchev–Trinajstić information content (AvgIpc) is 3.50. The molecule has 0 saturated carbocycles. The lowest BCUT2D eigenvalue weighted by molar-refractivity contribution is 0.354. The molecule has 0 aliphatic carbocycles. The zero-order chi connectivity index (χ0) is 22.6. The molecule has 8 nitrogen and oxygen atoms in total. The van der Waals surface area contributed by atoms with Crippen LogP contribution in [0.2, 0.25) is 0 Å². The third-order valence-electron chi connectivity index (χ3n) is 4.78. The van der Waals surface area contributed by atoms with E-state index in [0.29, 0.717) is 30.2 Å². The van der Waals surface area contributed by atoms with Crippen molar-refractivity contribution in [3.8, 4) is 23.1 Å². The molecule has 2 aromatic carbocycles. The number of sulfone groups is 1. The molecule has 0 fully saturated rings. The third-order valence-corrected chi connectivity index (χ3v) is 6.46. The van der Waals surface area contributed by atoms with Crippen molar-refractivity contribution in [2.24, 2.45) is 0 Å². The standard InChI is InChI=1S/C23H22N2O6S/c1-28-18-11-10-16(15-20(18)29-2)12-13-24-22-23(25-21(31-22)19-9-6-14-30-19)32(26,27)17-7-4-3-5-8-17/h3-11,14-15,24H,12-13H2,1-2H3. The Morgan fingerprint density at radius 2 is 1.75 bits per heavy atom. The van der Waals surface area contributed by atoms with Gasteiger partial charge in [0.15, 0.2) is 17.3 Å². The molecule has 0 saturated heterocycles. The van der Waals surface area contributed by atoms with Crippen LogP contribution < -0.4 is 14.8 Å². The summed E-state index contributed by atoms with van der Waals surface area (Å²) in [5.74, 6) is 1.73. The zero-order valence-electron chi connectivity index (χ0n) is 17.6. The van der Waals surface area contributed by atoms with Crippen LogP contribution >= 0.6 is 0 Å². The van der Waals surface area contributed by atoms with Crippen molar-refractivity contribution in [3.63, 3.8) is 0 Å². The molecule has 0 amide bonds. The Labute approximate surface area is 185 Å². The molecule has 4 aromatic rings. The molecule has 2 heterocycles. The Morgan fingerprint density at radius 3 is 2.44 bits per heavy atom. The van der Waals surface area contributed by atoms with Gasteiger partial charge in [-0.2, -0.15) is 4.98 Å². The second-order valence-electron chi connectivity index (χ2n) is 6.81. The van der Waals surface area contributed by atoms with E-state index in [4.69, 9.17) is 18.3 Å². The van der Waals surface area contributed by atoms with E-state index in [-0.39, 0.29) is 21.7 Å². The number of oxazole rings is 1. The topological polar surface area (TPSA) is 104 Å². The number of hydrogen-bond donors (Lipinski definition) is 1. The van der Waals surface area contributed by atoms with Crippen LogP contribution in [0.4, 0.5) is 5.88 Å². The quantitative estimate of drug-likeness (QED) is 0.396. The van der Waals surface area contributed by atoms with E-state index in [0.717, 1.165) is 5.56 Å². The van der Waals surface area contributed by atoms with E-state index < -0.39 is 9.84 Å². The maximum absolute atomic E-state index is 13.2. The molecule has 9 heteroatoms. The summed E-state index contributed by atoms with van der Waals surface area (Å²) in [5.41, 5.74) is 0.980. The summed E-state index contributed by atoms with van der Waals surface area (Å²) >= 11 is 0. The number of aromatic nitrogens is 1. The van der Waals surface area contributed by atoms with Crippen LogP contribution in [0.1, 0.15) is 5.56 Å². The predicted octanol–water partition coefficient (Wildman–Crippen LogP) is 4.44. The normalized spacial score (nSPS) is 11.3. The van der Waals surface area contributed by atoms with Gasteiger partial charge >= 0.3 is 0 Å². The minimum absolute atomic E-state index is 0.0562. The first-order valence-corrected chi connectivity index (χ1v) is 11.3. The highest BCUT2D eigenvalue weighted by molar-refractivity contribution is 7.91. The van der Waals surface area contributed by atoms with Gasteiger partial charge in [0.1, 0.15) is 0 Å². The van der Waals surface area contributed by atoms with Crippen molar-refractivity contribution in [2.75, 3.05) is 26.1 Å². The van der Waals surface area contributed by atoms with Crippen LogP contribution in [0.3, 0.4) is 0 Å². The molecule has 0 unspecified atom stereocenters. The summed E-state index contributed by atoms with van der Waals surface area (Å²) in [6.07, 6.45) is 2.05. The lowest BCUT2D eigenvalue weighted by Gasteiger charge is -2.10. The largest absolute Gasteiger partial charge is 0.493 e. The molecule has 0 atom stereocenters. The van der Waals surface area contributed by atoms with Crippen LogP contribution in [0.5, 0.6) is 11.5 Å². The summed E-state index contributed by atoms with van der Waals surface area (Å²) < 4.78 is 48.1. The molecule has 32 heavy (non-hydrogen) atoms. The van der Waals surface area contributed by atoms with Crippen molar-refractivity contribution >= 4 is 15.7 Å². The summed E-state index contributed by atoms with van der Waals surface area (Å²) in [6, 6.07) is 17.0. The zero-order valence-corrected chi connectivity index (χ0v) is 18.4. The minimum atomic E-state index is -3.90. The number of hydrogen-bond acceptors (Lipinski definition) is 8. The molecule has 0 radical (unpaired) electrons. The monoisotopic (exact) mass is 454 g/mol. The van der Waals surface area contributed by atoms with Gasteiger partial charge < -0.3 is 23.6 Å². The highest BCUT2D eigenvalue weighted by atomic mass is 32.2. The highest BCUT2D eigenvalue weighted by Gasteiger charge is 2.29. The molecule has 1 N–H and O–H groups in total. The Morgan fingerprint density at radius 1 is 0.969 bits per heavy atom. The first kappa shape index (κ1) is 21.5. The Hall–Kier alpha value is -3.72. The fourth-order valence-corrected chi connectivity index (χ4v) is 4.47. The van der Waals surface area contributed by atoms with E-state index >= 15 is 0 Å². The van der Waals surface area contributed by atoms with Crippen LogP contribution in [0, 0.1) is 0 Å². The van der Waals surface area contributed by atoms with Crippen LogP contribution in [-0.4, -0.2) is 34.2 Å². The van der Waals surface area contributed by atoms with Crippen molar-refractivity contribution < 1.29 is 26.7 Å². The fraction of sp³-hybridized carbons (Fsp3) is 0.174. The number of methoxy groups -OCH3 is 2. The predicted molar refractivity (Wildman–Crippen MR) is 118 cm³/mol. The number of anilines is 1. The van der Waals surface area contributed by atoms with Gasteiger partial charge in [-0.3, -0.25) is 0 Å². The van der Waals surface area contributed by atoms with E-state index in [1.165, 1.54) is 18.4 Å². The van der Waals surface area contributed by atoms with E-state index in [2.05, 4.69) is 10.3 Å². The van der Waals surface area contributed by atoms with Gasteiger partial charge in [0, 0.05) is 6.54 Å². The summed E-state index contributed by atoms with van der Waals surface area (Å²) in [4.78, 5) is 4.36. The first-order valence-electron chi connectivity index (χ1n) is 9.82. The smallest absolute Gasteiger partial charge is 0.266 e. The third kappa shape index (κ3) is 4.33. The lowest BCUT2D eigenvalue weighted by atomic mass is 10.1. The lowest BCUT2D eigenvalue weighted by Crippen LogP contribution is -2.10. The molecule has 0 aliphatic rings. The van der Waals surface area contributed by atoms with Gasteiger partial charge in [0.2, 0.25) is 20.7 Å². The van der Waals surface area contributed by atoms with Gasteiger partial charge in [-0.15, -0.1) is 0 Å². The minimum Gasteiger partial charge on any atom is -0.493 e. The number of nitrogens with one attached hydrogen (secondary N) is 1. The van der Waals surface area contributed by atoms with Gasteiger partial charge in [0.05, 0.1) is 25.4 Å². The van der Waals surface area contributed by atoms with Gasteiger partial charge in [-0.1, -0.05) is 24.3 Å². The summed E-state index contributed by atoms with van der Waals surface area (Å²) in [5, 5.41) is 2.87. The Bertz CT molecular complexity index is 1280.